The molecule has 4 heteroatoms. The standard InChI is InChI=1S/C23H26N2O2/c1-4-18-7-11-19(12-8-18)17(3)25-22(26)13-14-23-24-15-21(27-23)20-9-5-16(2)6-10-20/h5-12,15,17H,4,13-14H2,1-3H3,(H,25,26). The molecule has 1 amide bonds. The maximum Gasteiger partial charge on any atom is 0.220 e. The largest absolute Gasteiger partial charge is 0.441 e. The van der Waals surface area contributed by atoms with Crippen LogP contribution in [0.5, 0.6) is 0 Å². The van der Waals surface area contributed by atoms with Gasteiger partial charge in [0.05, 0.1) is 12.2 Å². The SMILES string of the molecule is CCc1ccc(C(C)NC(=O)CCc2ncc(-c3ccc(C)cc3)o2)cc1. The first kappa shape index (κ1) is 18.9. The molecule has 2 aromatic carbocycles. The van der Waals surface area contributed by atoms with Crippen molar-refractivity contribution in [3.63, 3.8) is 0 Å². The number of carbonyl (C=O) groups is 1. The summed E-state index contributed by atoms with van der Waals surface area (Å²) in [6.45, 7) is 6.18. The number of oxazole rings is 1. The molecule has 0 bridgehead atoms. The first-order valence-electron chi connectivity index (χ1n) is 9.45. The molecule has 140 valence electrons. The highest BCUT2D eigenvalue weighted by Crippen LogP contribution is 2.21. The van der Waals surface area contributed by atoms with Crippen molar-refractivity contribution in [3.05, 3.63) is 77.3 Å². The monoisotopic (exact) mass is 362 g/mol. The van der Waals surface area contributed by atoms with Gasteiger partial charge >= 0.3 is 0 Å². The summed E-state index contributed by atoms with van der Waals surface area (Å²) >= 11 is 0. The highest BCUT2D eigenvalue weighted by atomic mass is 16.4. The molecule has 1 aromatic heterocycles. The van der Waals surface area contributed by atoms with Gasteiger partial charge in [0, 0.05) is 18.4 Å². The lowest BCUT2D eigenvalue weighted by Gasteiger charge is -2.14. The number of rotatable bonds is 7. The zero-order chi connectivity index (χ0) is 19.2. The van der Waals surface area contributed by atoms with Crippen molar-refractivity contribution in [1.82, 2.24) is 10.3 Å². The van der Waals surface area contributed by atoms with Crippen LogP contribution in [0, 0.1) is 6.92 Å². The van der Waals surface area contributed by atoms with Crippen molar-refractivity contribution in [2.24, 2.45) is 0 Å². The molecule has 0 aliphatic carbocycles. The highest BCUT2D eigenvalue weighted by molar-refractivity contribution is 5.76. The number of aromatic nitrogens is 1. The normalized spacial score (nSPS) is 12.0. The van der Waals surface area contributed by atoms with Crippen LogP contribution in [0.1, 0.15) is 48.9 Å². The Bertz CT molecular complexity index is 880. The van der Waals surface area contributed by atoms with Crippen molar-refractivity contribution >= 4 is 5.91 Å². The predicted octanol–water partition coefficient (Wildman–Crippen LogP) is 5.02. The molecule has 3 aromatic rings. The number of nitrogens with one attached hydrogen (secondary N) is 1. The minimum atomic E-state index is -0.0175. The molecule has 3 rings (SSSR count). The average Bonchev–Trinajstić information content (AvgIpc) is 3.16. The van der Waals surface area contributed by atoms with Crippen molar-refractivity contribution in [1.29, 1.82) is 0 Å². The summed E-state index contributed by atoms with van der Waals surface area (Å²) in [6.07, 6.45) is 3.57. The third kappa shape index (κ3) is 5.07. The minimum Gasteiger partial charge on any atom is -0.441 e. The Morgan fingerprint density at radius 1 is 1.11 bits per heavy atom. The van der Waals surface area contributed by atoms with Crippen LogP contribution >= 0.6 is 0 Å². The van der Waals surface area contributed by atoms with Crippen LogP contribution in [0.4, 0.5) is 0 Å². The molecular weight excluding hydrogens is 336 g/mol. The lowest BCUT2D eigenvalue weighted by molar-refractivity contribution is -0.121. The minimum absolute atomic E-state index is 0.00264. The molecule has 1 heterocycles. The summed E-state index contributed by atoms with van der Waals surface area (Å²) in [5.74, 6) is 1.31. The number of amides is 1. The van der Waals surface area contributed by atoms with Gasteiger partial charge in [-0.25, -0.2) is 4.98 Å². The molecule has 0 saturated heterocycles. The van der Waals surface area contributed by atoms with Gasteiger partial charge in [-0.05, 0) is 31.4 Å². The summed E-state index contributed by atoms with van der Waals surface area (Å²) in [5, 5.41) is 3.04. The van der Waals surface area contributed by atoms with Crippen LogP contribution in [0.15, 0.2) is 59.1 Å². The number of carbonyl (C=O) groups excluding carboxylic acids is 1. The van der Waals surface area contributed by atoms with Crippen LogP contribution in [-0.2, 0) is 17.6 Å². The summed E-state index contributed by atoms with van der Waals surface area (Å²) in [7, 11) is 0. The molecule has 0 saturated carbocycles. The van der Waals surface area contributed by atoms with E-state index >= 15 is 0 Å². The van der Waals surface area contributed by atoms with Crippen molar-refractivity contribution in [3.8, 4) is 11.3 Å². The first-order chi connectivity index (χ1) is 13.0. The summed E-state index contributed by atoms with van der Waals surface area (Å²) in [5.41, 5.74) is 4.60. The number of benzene rings is 2. The molecular formula is C23H26N2O2. The highest BCUT2D eigenvalue weighted by Gasteiger charge is 2.12. The topological polar surface area (TPSA) is 55.1 Å². The van der Waals surface area contributed by atoms with E-state index in [2.05, 4.69) is 41.5 Å². The first-order valence-corrected chi connectivity index (χ1v) is 9.45. The number of hydrogen-bond donors (Lipinski definition) is 1. The fourth-order valence-corrected chi connectivity index (χ4v) is 2.94. The Hall–Kier alpha value is -2.88. The van der Waals surface area contributed by atoms with Crippen LogP contribution in [-0.4, -0.2) is 10.9 Å². The van der Waals surface area contributed by atoms with E-state index < -0.39 is 0 Å². The Balaban J connectivity index is 1.52. The second-order valence-electron chi connectivity index (χ2n) is 6.87. The Morgan fingerprint density at radius 2 is 1.81 bits per heavy atom. The Labute approximate surface area is 160 Å². The zero-order valence-corrected chi connectivity index (χ0v) is 16.2. The fraction of sp³-hybridized carbons (Fsp3) is 0.304. The summed E-state index contributed by atoms with van der Waals surface area (Å²) in [4.78, 5) is 16.6. The van der Waals surface area contributed by atoms with Crippen molar-refractivity contribution in [2.75, 3.05) is 0 Å². The van der Waals surface area contributed by atoms with Crippen LogP contribution in [0.3, 0.4) is 0 Å². The zero-order valence-electron chi connectivity index (χ0n) is 16.2. The molecule has 0 fully saturated rings. The lowest BCUT2D eigenvalue weighted by atomic mass is 10.0. The number of hydrogen-bond acceptors (Lipinski definition) is 3. The van der Waals surface area contributed by atoms with Gasteiger partial charge in [0.25, 0.3) is 0 Å². The molecule has 0 aliphatic rings. The smallest absolute Gasteiger partial charge is 0.220 e. The molecule has 4 nitrogen and oxygen atoms in total. The second-order valence-corrected chi connectivity index (χ2v) is 6.87. The fourth-order valence-electron chi connectivity index (χ4n) is 2.94. The number of aryl methyl sites for hydroxylation is 3. The van der Waals surface area contributed by atoms with E-state index in [4.69, 9.17) is 4.42 Å². The third-order valence-corrected chi connectivity index (χ3v) is 4.72. The van der Waals surface area contributed by atoms with E-state index in [1.165, 1.54) is 11.1 Å². The average molecular weight is 362 g/mol. The van der Waals surface area contributed by atoms with E-state index in [0.717, 1.165) is 23.3 Å². The van der Waals surface area contributed by atoms with E-state index in [1.54, 1.807) is 6.20 Å². The molecule has 27 heavy (non-hydrogen) atoms. The van der Waals surface area contributed by atoms with Gasteiger partial charge in [-0.1, -0.05) is 61.0 Å². The van der Waals surface area contributed by atoms with Crippen molar-refractivity contribution < 1.29 is 9.21 Å². The van der Waals surface area contributed by atoms with E-state index in [1.807, 2.05) is 38.1 Å². The van der Waals surface area contributed by atoms with Gasteiger partial charge < -0.3 is 9.73 Å². The number of nitrogens with zero attached hydrogens (tertiary/aromatic N) is 1. The summed E-state index contributed by atoms with van der Waals surface area (Å²) in [6, 6.07) is 16.5. The molecule has 0 spiro atoms. The van der Waals surface area contributed by atoms with Gasteiger partial charge in [0.1, 0.15) is 0 Å². The van der Waals surface area contributed by atoms with E-state index in [0.29, 0.717) is 18.7 Å². The van der Waals surface area contributed by atoms with Crippen LogP contribution in [0.2, 0.25) is 0 Å². The van der Waals surface area contributed by atoms with Gasteiger partial charge in [-0.2, -0.15) is 0 Å². The Kier molecular flexibility index (Phi) is 6.07. The Morgan fingerprint density at radius 3 is 2.48 bits per heavy atom. The third-order valence-electron chi connectivity index (χ3n) is 4.72. The molecule has 0 aliphatic heterocycles. The van der Waals surface area contributed by atoms with Crippen LogP contribution in [0.25, 0.3) is 11.3 Å². The van der Waals surface area contributed by atoms with E-state index in [-0.39, 0.29) is 11.9 Å². The predicted molar refractivity (Wildman–Crippen MR) is 107 cm³/mol. The molecule has 1 atom stereocenters. The van der Waals surface area contributed by atoms with Gasteiger partial charge in [-0.3, -0.25) is 4.79 Å². The van der Waals surface area contributed by atoms with Crippen molar-refractivity contribution in [2.45, 2.75) is 46.1 Å². The molecule has 1 N–H and O–H groups in total. The quantitative estimate of drug-likeness (QED) is 0.642. The van der Waals surface area contributed by atoms with Gasteiger partial charge in [-0.15, -0.1) is 0 Å². The van der Waals surface area contributed by atoms with Gasteiger partial charge in [0.15, 0.2) is 11.7 Å². The van der Waals surface area contributed by atoms with Crippen LogP contribution < -0.4 is 5.32 Å². The maximum atomic E-state index is 12.3. The maximum absolute atomic E-state index is 12.3. The molecule has 1 unspecified atom stereocenters. The second kappa shape index (κ2) is 8.67. The lowest BCUT2D eigenvalue weighted by Crippen LogP contribution is -2.26. The van der Waals surface area contributed by atoms with E-state index in [9.17, 15) is 4.79 Å². The summed E-state index contributed by atoms with van der Waals surface area (Å²) < 4.78 is 5.78. The van der Waals surface area contributed by atoms with Gasteiger partial charge in [0.2, 0.25) is 5.91 Å². The molecule has 0 radical (unpaired) electrons.